The van der Waals surface area contributed by atoms with E-state index in [-0.39, 0.29) is 5.97 Å². The molecule has 0 aromatic carbocycles. The molecule has 7 heteroatoms. The van der Waals surface area contributed by atoms with Crippen molar-refractivity contribution in [1.82, 2.24) is 20.5 Å². The molecule has 1 aromatic heterocycles. The maximum Gasteiger partial charge on any atom is 0.327 e. The van der Waals surface area contributed by atoms with Gasteiger partial charge in [-0.3, -0.25) is 9.89 Å². The number of aromatic amines is 1. The van der Waals surface area contributed by atoms with Crippen LogP contribution in [0.2, 0.25) is 0 Å². The van der Waals surface area contributed by atoms with Crippen LogP contribution in [0.1, 0.15) is 32.5 Å². The minimum atomic E-state index is -0.607. The zero-order valence-electron chi connectivity index (χ0n) is 12.2. The quantitative estimate of drug-likeness (QED) is 0.559. The number of nitrogens with zero attached hydrogens (tertiary/aromatic N) is 2. The summed E-state index contributed by atoms with van der Waals surface area (Å²) in [6.45, 7) is 6.86. The summed E-state index contributed by atoms with van der Waals surface area (Å²) >= 11 is 1.49. The van der Waals surface area contributed by atoms with Gasteiger partial charge in [-0.05, 0) is 39.2 Å². The summed E-state index contributed by atoms with van der Waals surface area (Å²) in [5.74, 6) is 1.59. The van der Waals surface area contributed by atoms with Crippen molar-refractivity contribution < 1.29 is 9.53 Å². The third-order valence-corrected chi connectivity index (χ3v) is 4.45. The van der Waals surface area contributed by atoms with Gasteiger partial charge in [0.05, 0.1) is 6.61 Å². The number of rotatable bonds is 8. The molecular weight excluding hydrogens is 276 g/mol. The number of hydrogen-bond acceptors (Lipinski definition) is 6. The van der Waals surface area contributed by atoms with E-state index >= 15 is 0 Å². The molecule has 112 valence electrons. The van der Waals surface area contributed by atoms with Crippen molar-refractivity contribution in [3.05, 3.63) is 5.82 Å². The standard InChI is InChI=1S/C13H22N4O2S/c1-4-14-13(10-6-7-10,11(18)19-5-2)8-20-12-15-9(3)16-17-12/h10,14H,4-8H2,1-3H3,(H,15,16,17). The summed E-state index contributed by atoms with van der Waals surface area (Å²) in [7, 11) is 0. The molecule has 1 unspecified atom stereocenters. The summed E-state index contributed by atoms with van der Waals surface area (Å²) in [4.78, 5) is 16.7. The number of aromatic nitrogens is 3. The van der Waals surface area contributed by atoms with Crippen LogP contribution in [0.4, 0.5) is 0 Å². The molecule has 1 aliphatic carbocycles. The second-order valence-corrected chi connectivity index (χ2v) is 5.93. The Morgan fingerprint density at radius 1 is 1.55 bits per heavy atom. The number of carbonyl (C=O) groups excluding carboxylic acids is 1. The van der Waals surface area contributed by atoms with Gasteiger partial charge in [0.2, 0.25) is 5.16 Å². The van der Waals surface area contributed by atoms with E-state index < -0.39 is 5.54 Å². The zero-order valence-corrected chi connectivity index (χ0v) is 13.0. The lowest BCUT2D eigenvalue weighted by Gasteiger charge is -2.31. The predicted octanol–water partition coefficient (Wildman–Crippen LogP) is 1.53. The first-order valence-corrected chi connectivity index (χ1v) is 8.05. The number of thioether (sulfide) groups is 1. The Hall–Kier alpha value is -1.08. The highest BCUT2D eigenvalue weighted by Crippen LogP contribution is 2.42. The number of carbonyl (C=O) groups is 1. The Bertz CT molecular complexity index is 461. The van der Waals surface area contributed by atoms with Crippen molar-refractivity contribution in [2.24, 2.45) is 5.92 Å². The van der Waals surface area contributed by atoms with E-state index in [1.165, 1.54) is 11.8 Å². The Morgan fingerprint density at radius 3 is 2.80 bits per heavy atom. The Balaban J connectivity index is 2.10. The second-order valence-electron chi connectivity index (χ2n) is 4.99. The van der Waals surface area contributed by atoms with Crippen LogP contribution in [-0.2, 0) is 9.53 Å². The normalized spacial score (nSPS) is 17.8. The third kappa shape index (κ3) is 3.32. The largest absolute Gasteiger partial charge is 0.465 e. The van der Waals surface area contributed by atoms with E-state index in [4.69, 9.17) is 4.74 Å². The van der Waals surface area contributed by atoms with Gasteiger partial charge in [-0.15, -0.1) is 5.10 Å². The molecule has 1 atom stereocenters. The lowest BCUT2D eigenvalue weighted by molar-refractivity contribution is -0.151. The van der Waals surface area contributed by atoms with Gasteiger partial charge in [0.1, 0.15) is 11.4 Å². The SMILES string of the molecule is CCNC(CSc1n[nH]c(C)n1)(C(=O)OCC)C1CC1. The van der Waals surface area contributed by atoms with Gasteiger partial charge in [0.15, 0.2) is 0 Å². The molecule has 0 aliphatic heterocycles. The fourth-order valence-electron chi connectivity index (χ4n) is 2.33. The monoisotopic (exact) mass is 298 g/mol. The Labute approximate surface area is 123 Å². The van der Waals surface area contributed by atoms with Crippen LogP contribution >= 0.6 is 11.8 Å². The first-order chi connectivity index (χ1) is 9.62. The second kappa shape index (κ2) is 6.58. The van der Waals surface area contributed by atoms with Crippen molar-refractivity contribution >= 4 is 17.7 Å². The molecule has 1 aliphatic rings. The number of nitrogens with one attached hydrogen (secondary N) is 2. The number of H-pyrrole nitrogens is 1. The number of ether oxygens (including phenoxy) is 1. The average Bonchev–Trinajstić information content (AvgIpc) is 3.18. The number of likely N-dealkylation sites (N-methyl/N-ethyl adjacent to an activating group) is 1. The van der Waals surface area contributed by atoms with E-state index in [9.17, 15) is 4.79 Å². The fraction of sp³-hybridized carbons (Fsp3) is 0.769. The van der Waals surface area contributed by atoms with Crippen molar-refractivity contribution in [3.63, 3.8) is 0 Å². The molecule has 6 nitrogen and oxygen atoms in total. The first-order valence-electron chi connectivity index (χ1n) is 7.06. The van der Waals surface area contributed by atoms with Crippen molar-refractivity contribution in [2.75, 3.05) is 18.9 Å². The smallest absolute Gasteiger partial charge is 0.327 e. The highest BCUT2D eigenvalue weighted by Gasteiger charge is 2.51. The van der Waals surface area contributed by atoms with Crippen LogP contribution in [0.15, 0.2) is 5.16 Å². The summed E-state index contributed by atoms with van der Waals surface area (Å²) in [6.07, 6.45) is 2.14. The highest BCUT2D eigenvalue weighted by molar-refractivity contribution is 7.99. The van der Waals surface area contributed by atoms with Crippen molar-refractivity contribution in [3.8, 4) is 0 Å². The molecule has 1 heterocycles. The lowest BCUT2D eigenvalue weighted by atomic mass is 9.95. The molecule has 0 amide bonds. The molecule has 2 N–H and O–H groups in total. The molecular formula is C13H22N4O2S. The predicted molar refractivity (Wildman–Crippen MR) is 77.6 cm³/mol. The van der Waals surface area contributed by atoms with E-state index in [2.05, 4.69) is 20.5 Å². The van der Waals surface area contributed by atoms with Crippen molar-refractivity contribution in [2.45, 2.75) is 44.3 Å². The lowest BCUT2D eigenvalue weighted by Crippen LogP contribution is -2.57. The average molecular weight is 298 g/mol. The highest BCUT2D eigenvalue weighted by atomic mass is 32.2. The molecule has 0 saturated heterocycles. The van der Waals surface area contributed by atoms with E-state index in [1.807, 2.05) is 20.8 Å². The molecule has 20 heavy (non-hydrogen) atoms. The minimum absolute atomic E-state index is 0.149. The van der Waals surface area contributed by atoms with Gasteiger partial charge in [0, 0.05) is 5.75 Å². The molecule has 1 fully saturated rings. The number of esters is 1. The van der Waals surface area contributed by atoms with Crippen LogP contribution in [0, 0.1) is 12.8 Å². The van der Waals surface area contributed by atoms with Gasteiger partial charge in [-0.2, -0.15) is 0 Å². The van der Waals surface area contributed by atoms with Gasteiger partial charge in [0.25, 0.3) is 0 Å². The topological polar surface area (TPSA) is 79.9 Å². The van der Waals surface area contributed by atoms with Crippen LogP contribution in [0.3, 0.4) is 0 Å². The maximum atomic E-state index is 12.4. The first kappa shape index (κ1) is 15.3. The molecule has 0 spiro atoms. The molecule has 1 aromatic rings. The fourth-order valence-corrected chi connectivity index (χ4v) is 3.45. The van der Waals surface area contributed by atoms with Crippen LogP contribution in [0.25, 0.3) is 0 Å². The number of aryl methyl sites for hydroxylation is 1. The molecule has 0 radical (unpaired) electrons. The molecule has 2 rings (SSSR count). The van der Waals surface area contributed by atoms with Crippen LogP contribution in [-0.4, -0.2) is 45.6 Å². The van der Waals surface area contributed by atoms with Crippen molar-refractivity contribution in [1.29, 1.82) is 0 Å². The van der Waals surface area contributed by atoms with Gasteiger partial charge >= 0.3 is 5.97 Å². The van der Waals surface area contributed by atoms with E-state index in [1.54, 1.807) is 0 Å². The number of hydrogen-bond donors (Lipinski definition) is 2. The Kier molecular flexibility index (Phi) is 5.04. The van der Waals surface area contributed by atoms with E-state index in [0.717, 1.165) is 25.2 Å². The van der Waals surface area contributed by atoms with Gasteiger partial charge in [-0.25, -0.2) is 4.98 Å². The summed E-state index contributed by atoms with van der Waals surface area (Å²) < 4.78 is 5.29. The maximum absolute atomic E-state index is 12.4. The van der Waals surface area contributed by atoms with Gasteiger partial charge in [-0.1, -0.05) is 18.7 Å². The summed E-state index contributed by atoms with van der Waals surface area (Å²) in [6, 6.07) is 0. The van der Waals surface area contributed by atoms with E-state index in [0.29, 0.717) is 23.4 Å². The van der Waals surface area contributed by atoms with Crippen LogP contribution < -0.4 is 5.32 Å². The Morgan fingerprint density at radius 2 is 2.30 bits per heavy atom. The minimum Gasteiger partial charge on any atom is -0.465 e. The molecule has 0 bridgehead atoms. The summed E-state index contributed by atoms with van der Waals surface area (Å²) in [5, 5.41) is 11.0. The zero-order chi connectivity index (χ0) is 14.6. The third-order valence-electron chi connectivity index (χ3n) is 3.41. The summed E-state index contributed by atoms with van der Waals surface area (Å²) in [5.41, 5.74) is -0.607. The van der Waals surface area contributed by atoms with Gasteiger partial charge < -0.3 is 10.1 Å². The molecule has 1 saturated carbocycles. The van der Waals surface area contributed by atoms with Crippen LogP contribution in [0.5, 0.6) is 0 Å².